The normalized spacial score (nSPS) is 10.1. The van der Waals surface area contributed by atoms with Gasteiger partial charge in [0.25, 0.3) is 0 Å². The minimum atomic E-state index is 0.229. The van der Waals surface area contributed by atoms with Crippen LogP contribution in [-0.4, -0.2) is 15.1 Å². The number of rotatable bonds is 2. The van der Waals surface area contributed by atoms with Crippen molar-refractivity contribution in [3.05, 3.63) is 41.9 Å². The number of aromatic hydroxyl groups is 1. The van der Waals surface area contributed by atoms with Gasteiger partial charge in [0.15, 0.2) is 0 Å². The van der Waals surface area contributed by atoms with E-state index in [1.807, 2.05) is 26.0 Å². The Morgan fingerprint density at radius 2 is 1.94 bits per heavy atom. The Bertz CT molecular complexity index is 491. The van der Waals surface area contributed by atoms with Gasteiger partial charge in [0, 0.05) is 23.5 Å². The third kappa shape index (κ3) is 2.48. The molecule has 0 aliphatic rings. The maximum absolute atomic E-state index is 9.33. The highest BCUT2D eigenvalue weighted by Gasteiger charge is 1.99. The van der Waals surface area contributed by atoms with Crippen molar-refractivity contribution >= 4 is 11.5 Å². The van der Waals surface area contributed by atoms with Crippen molar-refractivity contribution in [2.75, 3.05) is 5.32 Å². The summed E-state index contributed by atoms with van der Waals surface area (Å²) in [4.78, 5) is 8.45. The Kier molecular flexibility index (Phi) is 2.72. The molecule has 82 valence electrons. The smallest absolute Gasteiger partial charge is 0.134 e. The van der Waals surface area contributed by atoms with Crippen LogP contribution in [-0.2, 0) is 0 Å². The lowest BCUT2D eigenvalue weighted by Gasteiger charge is -2.07. The summed E-state index contributed by atoms with van der Waals surface area (Å²) < 4.78 is 0. The molecule has 0 spiro atoms. The molecule has 4 heteroatoms. The number of hydrogen-bond acceptors (Lipinski definition) is 4. The largest absolute Gasteiger partial charge is 0.508 e. The molecule has 1 aromatic carbocycles. The van der Waals surface area contributed by atoms with E-state index in [1.54, 1.807) is 18.2 Å². The van der Waals surface area contributed by atoms with Crippen molar-refractivity contribution in [1.82, 2.24) is 9.97 Å². The fraction of sp³-hybridized carbons (Fsp3) is 0.167. The van der Waals surface area contributed by atoms with Gasteiger partial charge in [0.2, 0.25) is 0 Å². The van der Waals surface area contributed by atoms with Crippen molar-refractivity contribution in [2.24, 2.45) is 0 Å². The third-order valence-corrected chi connectivity index (χ3v) is 2.08. The lowest BCUT2D eigenvalue weighted by atomic mass is 10.3. The molecular weight excluding hydrogens is 202 g/mol. The number of phenolic OH excluding ortho intramolecular Hbond substituents is 1. The Balaban J connectivity index is 2.27. The molecule has 2 N–H and O–H groups in total. The molecule has 0 fully saturated rings. The van der Waals surface area contributed by atoms with Gasteiger partial charge in [-0.05, 0) is 26.0 Å². The van der Waals surface area contributed by atoms with Crippen LogP contribution in [0.2, 0.25) is 0 Å². The molecule has 0 atom stereocenters. The molecule has 4 nitrogen and oxygen atoms in total. The van der Waals surface area contributed by atoms with E-state index in [4.69, 9.17) is 0 Å². The Morgan fingerprint density at radius 3 is 2.62 bits per heavy atom. The molecule has 0 amide bonds. The zero-order valence-electron chi connectivity index (χ0n) is 9.23. The van der Waals surface area contributed by atoms with E-state index < -0.39 is 0 Å². The van der Waals surface area contributed by atoms with Gasteiger partial charge >= 0.3 is 0 Å². The lowest BCUT2D eigenvalue weighted by molar-refractivity contribution is 0.475. The van der Waals surface area contributed by atoms with Crippen molar-refractivity contribution < 1.29 is 5.11 Å². The van der Waals surface area contributed by atoms with Crippen LogP contribution in [0.3, 0.4) is 0 Å². The van der Waals surface area contributed by atoms with Crippen LogP contribution < -0.4 is 5.32 Å². The predicted molar refractivity (Wildman–Crippen MR) is 62.9 cm³/mol. The number of nitrogens with one attached hydrogen (secondary N) is 1. The fourth-order valence-electron chi connectivity index (χ4n) is 1.51. The first-order valence-electron chi connectivity index (χ1n) is 5.02. The molecule has 16 heavy (non-hydrogen) atoms. The molecular formula is C12H13N3O. The van der Waals surface area contributed by atoms with Gasteiger partial charge in [-0.3, -0.25) is 0 Å². The minimum absolute atomic E-state index is 0.229. The topological polar surface area (TPSA) is 58.0 Å². The van der Waals surface area contributed by atoms with E-state index in [2.05, 4.69) is 15.3 Å². The maximum Gasteiger partial charge on any atom is 0.134 e. The highest BCUT2D eigenvalue weighted by Crippen LogP contribution is 2.19. The second kappa shape index (κ2) is 4.18. The summed E-state index contributed by atoms with van der Waals surface area (Å²) in [7, 11) is 0. The van der Waals surface area contributed by atoms with Gasteiger partial charge < -0.3 is 10.4 Å². The summed E-state index contributed by atoms with van der Waals surface area (Å²) in [5.41, 5.74) is 1.72. The lowest BCUT2D eigenvalue weighted by Crippen LogP contribution is -1.98. The van der Waals surface area contributed by atoms with Crippen LogP contribution in [0.5, 0.6) is 5.75 Å². The Labute approximate surface area is 94.0 Å². The van der Waals surface area contributed by atoms with E-state index in [-0.39, 0.29) is 5.75 Å². The SMILES string of the molecule is Cc1cc(Nc2cccc(O)c2)nc(C)n1. The number of benzene rings is 1. The monoisotopic (exact) mass is 215 g/mol. The van der Waals surface area contributed by atoms with Crippen LogP contribution in [0.15, 0.2) is 30.3 Å². The number of nitrogens with zero attached hydrogens (tertiary/aromatic N) is 2. The van der Waals surface area contributed by atoms with Gasteiger partial charge in [-0.2, -0.15) is 0 Å². The zero-order chi connectivity index (χ0) is 11.5. The molecule has 1 aromatic heterocycles. The van der Waals surface area contributed by atoms with Crippen LogP contribution in [0, 0.1) is 13.8 Å². The van der Waals surface area contributed by atoms with E-state index in [0.717, 1.165) is 23.0 Å². The van der Waals surface area contributed by atoms with Gasteiger partial charge in [0.1, 0.15) is 17.4 Å². The number of phenols is 1. The quantitative estimate of drug-likeness (QED) is 0.808. The highest BCUT2D eigenvalue weighted by molar-refractivity contribution is 5.58. The number of aryl methyl sites for hydroxylation is 2. The summed E-state index contributed by atoms with van der Waals surface area (Å²) in [6.45, 7) is 3.77. The first-order valence-corrected chi connectivity index (χ1v) is 5.02. The molecule has 0 saturated heterocycles. The zero-order valence-corrected chi connectivity index (χ0v) is 9.23. The highest BCUT2D eigenvalue weighted by atomic mass is 16.3. The molecule has 2 rings (SSSR count). The van der Waals surface area contributed by atoms with Crippen LogP contribution >= 0.6 is 0 Å². The van der Waals surface area contributed by atoms with Crippen molar-refractivity contribution in [1.29, 1.82) is 0 Å². The fourth-order valence-corrected chi connectivity index (χ4v) is 1.51. The third-order valence-electron chi connectivity index (χ3n) is 2.08. The second-order valence-corrected chi connectivity index (χ2v) is 3.62. The van der Waals surface area contributed by atoms with Crippen molar-refractivity contribution in [3.63, 3.8) is 0 Å². The first kappa shape index (κ1) is 10.4. The number of aromatic nitrogens is 2. The summed E-state index contributed by atoms with van der Waals surface area (Å²) in [5.74, 6) is 1.69. The van der Waals surface area contributed by atoms with Crippen molar-refractivity contribution in [3.8, 4) is 5.75 Å². The summed E-state index contributed by atoms with van der Waals surface area (Å²) in [5, 5.41) is 12.4. The second-order valence-electron chi connectivity index (χ2n) is 3.62. The minimum Gasteiger partial charge on any atom is -0.508 e. The summed E-state index contributed by atoms with van der Waals surface area (Å²) in [6.07, 6.45) is 0. The molecule has 0 aliphatic heterocycles. The van der Waals surface area contributed by atoms with E-state index >= 15 is 0 Å². The average Bonchev–Trinajstić information content (AvgIpc) is 2.15. The molecule has 1 heterocycles. The van der Waals surface area contributed by atoms with Crippen LogP contribution in [0.4, 0.5) is 11.5 Å². The van der Waals surface area contributed by atoms with Gasteiger partial charge in [0.05, 0.1) is 0 Å². The summed E-state index contributed by atoms with van der Waals surface area (Å²) in [6, 6.07) is 8.77. The van der Waals surface area contributed by atoms with Gasteiger partial charge in [-0.1, -0.05) is 6.07 Å². The van der Waals surface area contributed by atoms with Gasteiger partial charge in [-0.25, -0.2) is 9.97 Å². The van der Waals surface area contributed by atoms with E-state index in [1.165, 1.54) is 0 Å². The molecule has 0 aliphatic carbocycles. The molecule has 0 saturated carbocycles. The van der Waals surface area contributed by atoms with E-state index in [0.29, 0.717) is 0 Å². The Morgan fingerprint density at radius 1 is 1.12 bits per heavy atom. The average molecular weight is 215 g/mol. The molecule has 0 radical (unpaired) electrons. The van der Waals surface area contributed by atoms with E-state index in [9.17, 15) is 5.11 Å². The number of anilines is 2. The molecule has 0 unspecified atom stereocenters. The standard InChI is InChI=1S/C12H13N3O/c1-8-6-12(14-9(2)13-8)15-10-4-3-5-11(16)7-10/h3-7,16H,1-2H3,(H,13,14,15). The molecule has 2 aromatic rings. The first-order chi connectivity index (χ1) is 7.63. The Hall–Kier alpha value is -2.10. The van der Waals surface area contributed by atoms with Crippen LogP contribution in [0.25, 0.3) is 0 Å². The molecule has 0 bridgehead atoms. The van der Waals surface area contributed by atoms with Crippen LogP contribution in [0.1, 0.15) is 11.5 Å². The van der Waals surface area contributed by atoms with Gasteiger partial charge in [-0.15, -0.1) is 0 Å². The maximum atomic E-state index is 9.33. The van der Waals surface area contributed by atoms with Crippen molar-refractivity contribution in [2.45, 2.75) is 13.8 Å². The predicted octanol–water partition coefficient (Wildman–Crippen LogP) is 2.54. The number of hydrogen-bond donors (Lipinski definition) is 2. The summed E-state index contributed by atoms with van der Waals surface area (Å²) >= 11 is 0.